The Bertz CT molecular complexity index is 1020. The fourth-order valence-electron chi connectivity index (χ4n) is 3.73. The van der Waals surface area contributed by atoms with Gasteiger partial charge in [0, 0.05) is 18.7 Å². The number of hydrogen-bond donors (Lipinski definition) is 1. The summed E-state index contributed by atoms with van der Waals surface area (Å²) < 4.78 is 38.2. The first-order valence-corrected chi connectivity index (χ1v) is 11.9. The van der Waals surface area contributed by atoms with Gasteiger partial charge in [-0.1, -0.05) is 24.6 Å². The number of para-hydroxylation sites is 1. The zero-order chi connectivity index (χ0) is 22.4. The Kier molecular flexibility index (Phi) is 7.56. The maximum absolute atomic E-state index is 12.8. The maximum atomic E-state index is 12.8. The topological polar surface area (TPSA) is 84.9 Å². The zero-order valence-corrected chi connectivity index (χ0v) is 19.1. The van der Waals surface area contributed by atoms with Gasteiger partial charge in [0.25, 0.3) is 5.91 Å². The summed E-state index contributed by atoms with van der Waals surface area (Å²) in [5, 5.41) is 2.89. The van der Waals surface area contributed by atoms with Crippen molar-refractivity contribution in [1.29, 1.82) is 0 Å². The predicted octanol–water partition coefficient (Wildman–Crippen LogP) is 3.43. The Labute approximate surface area is 184 Å². The molecule has 1 amide bonds. The molecule has 8 heteroatoms. The molecule has 1 aliphatic rings. The van der Waals surface area contributed by atoms with Gasteiger partial charge >= 0.3 is 0 Å². The minimum absolute atomic E-state index is 0.168. The minimum atomic E-state index is -3.50. The van der Waals surface area contributed by atoms with Crippen LogP contribution >= 0.6 is 0 Å². The second kappa shape index (κ2) is 10.2. The lowest BCUT2D eigenvalue weighted by atomic mass is 10.1. The Hall–Kier alpha value is -2.58. The van der Waals surface area contributed by atoms with Crippen LogP contribution in [-0.2, 0) is 14.8 Å². The smallest absolute Gasteiger partial charge is 0.258 e. The number of rotatable bonds is 8. The summed E-state index contributed by atoms with van der Waals surface area (Å²) >= 11 is 0. The average Bonchev–Trinajstić information content (AvgIpc) is 2.78. The molecule has 0 bridgehead atoms. The predicted molar refractivity (Wildman–Crippen MR) is 119 cm³/mol. The highest BCUT2D eigenvalue weighted by atomic mass is 32.2. The third kappa shape index (κ3) is 5.57. The molecule has 3 rings (SSSR count). The molecule has 1 saturated heterocycles. The molecule has 1 fully saturated rings. The number of amides is 1. The van der Waals surface area contributed by atoms with Gasteiger partial charge in [0.1, 0.15) is 11.5 Å². The number of ether oxygens (including phenoxy) is 2. The van der Waals surface area contributed by atoms with Crippen molar-refractivity contribution in [3.8, 4) is 11.5 Å². The Morgan fingerprint density at radius 3 is 2.48 bits per heavy atom. The van der Waals surface area contributed by atoms with E-state index in [-0.39, 0.29) is 23.5 Å². The fraction of sp³-hybridized carbons (Fsp3) is 0.435. The van der Waals surface area contributed by atoms with E-state index in [1.54, 1.807) is 36.5 Å². The number of piperidine rings is 1. The zero-order valence-electron chi connectivity index (χ0n) is 18.3. The summed E-state index contributed by atoms with van der Waals surface area (Å²) in [5.74, 6) is 0.915. The van der Waals surface area contributed by atoms with E-state index in [4.69, 9.17) is 9.47 Å². The molecule has 0 spiro atoms. The first kappa shape index (κ1) is 23.1. The molecule has 31 heavy (non-hydrogen) atoms. The highest BCUT2D eigenvalue weighted by molar-refractivity contribution is 7.89. The van der Waals surface area contributed by atoms with Crippen molar-refractivity contribution >= 4 is 15.9 Å². The average molecular weight is 447 g/mol. The summed E-state index contributed by atoms with van der Waals surface area (Å²) in [6.07, 6.45) is 2.85. The molecule has 2 aromatic rings. The molecule has 1 atom stereocenters. The Morgan fingerprint density at radius 2 is 1.81 bits per heavy atom. The normalized spacial score (nSPS) is 15.8. The van der Waals surface area contributed by atoms with Crippen molar-refractivity contribution in [1.82, 2.24) is 9.62 Å². The number of sulfonamides is 1. The summed E-state index contributed by atoms with van der Waals surface area (Å²) in [5.41, 5.74) is 1.55. The van der Waals surface area contributed by atoms with Crippen LogP contribution in [-0.4, -0.2) is 45.4 Å². The van der Waals surface area contributed by atoms with Crippen molar-refractivity contribution in [2.45, 2.75) is 44.0 Å². The molecule has 0 aromatic heterocycles. The van der Waals surface area contributed by atoms with Crippen LogP contribution in [0.25, 0.3) is 0 Å². The van der Waals surface area contributed by atoms with Crippen LogP contribution in [0.2, 0.25) is 0 Å². The summed E-state index contributed by atoms with van der Waals surface area (Å²) in [4.78, 5) is 12.6. The van der Waals surface area contributed by atoms with Gasteiger partial charge in [0.15, 0.2) is 6.61 Å². The Balaban J connectivity index is 1.61. The van der Waals surface area contributed by atoms with E-state index >= 15 is 0 Å². The van der Waals surface area contributed by atoms with Crippen molar-refractivity contribution < 1.29 is 22.7 Å². The van der Waals surface area contributed by atoms with Crippen LogP contribution < -0.4 is 14.8 Å². The number of hydrogen-bond acceptors (Lipinski definition) is 5. The lowest BCUT2D eigenvalue weighted by molar-refractivity contribution is -0.123. The number of carbonyl (C=O) groups excluding carboxylic acids is 1. The van der Waals surface area contributed by atoms with Gasteiger partial charge in [0.05, 0.1) is 18.0 Å². The summed E-state index contributed by atoms with van der Waals surface area (Å²) in [7, 11) is -1.91. The molecule has 168 valence electrons. The largest absolute Gasteiger partial charge is 0.496 e. The first-order valence-electron chi connectivity index (χ1n) is 10.5. The fourth-order valence-corrected chi connectivity index (χ4v) is 5.33. The van der Waals surface area contributed by atoms with Gasteiger partial charge in [-0.25, -0.2) is 8.42 Å². The lowest BCUT2D eigenvalue weighted by Crippen LogP contribution is -2.35. The van der Waals surface area contributed by atoms with Crippen molar-refractivity contribution in [3.63, 3.8) is 0 Å². The molecule has 1 N–H and O–H groups in total. The van der Waals surface area contributed by atoms with E-state index in [0.29, 0.717) is 30.2 Å². The second-order valence-electron chi connectivity index (χ2n) is 7.71. The van der Waals surface area contributed by atoms with E-state index in [0.717, 1.165) is 24.8 Å². The third-order valence-electron chi connectivity index (χ3n) is 5.44. The van der Waals surface area contributed by atoms with E-state index < -0.39 is 10.0 Å². The van der Waals surface area contributed by atoms with Gasteiger partial charge in [-0.05, 0) is 56.5 Å². The number of carbonyl (C=O) groups is 1. The number of aryl methyl sites for hydroxylation is 1. The van der Waals surface area contributed by atoms with Crippen LogP contribution in [0, 0.1) is 6.92 Å². The first-order chi connectivity index (χ1) is 14.8. The highest BCUT2D eigenvalue weighted by Gasteiger charge is 2.26. The minimum Gasteiger partial charge on any atom is -0.496 e. The molecule has 1 heterocycles. The quantitative estimate of drug-likeness (QED) is 0.672. The van der Waals surface area contributed by atoms with E-state index in [2.05, 4.69) is 5.32 Å². The van der Waals surface area contributed by atoms with E-state index in [1.165, 1.54) is 0 Å². The molecule has 0 unspecified atom stereocenters. The summed E-state index contributed by atoms with van der Waals surface area (Å²) in [6, 6.07) is 12.0. The molecular weight excluding hydrogens is 416 g/mol. The second-order valence-corrected chi connectivity index (χ2v) is 9.65. The van der Waals surface area contributed by atoms with Crippen LogP contribution in [0.5, 0.6) is 11.5 Å². The van der Waals surface area contributed by atoms with Crippen LogP contribution in [0.4, 0.5) is 0 Å². The third-order valence-corrected chi connectivity index (χ3v) is 7.34. The molecular formula is C23H30N2O5S. The number of benzene rings is 2. The highest BCUT2D eigenvalue weighted by Crippen LogP contribution is 2.26. The van der Waals surface area contributed by atoms with Gasteiger partial charge in [-0.15, -0.1) is 0 Å². The van der Waals surface area contributed by atoms with E-state index in [1.807, 2.05) is 31.2 Å². The standard InChI is InChI=1S/C23H30N2O5S/c1-17-15-19(31(27,28)25-13-7-4-8-14-25)11-12-21(17)30-16-23(26)24-18(2)20-9-5-6-10-22(20)29-3/h5-6,9-12,15,18H,4,7-8,13-14,16H2,1-3H3,(H,24,26)/t18-/m1/s1. The van der Waals surface area contributed by atoms with Crippen LogP contribution in [0.3, 0.4) is 0 Å². The monoisotopic (exact) mass is 446 g/mol. The molecule has 2 aromatic carbocycles. The van der Waals surface area contributed by atoms with Gasteiger partial charge in [-0.2, -0.15) is 4.31 Å². The maximum Gasteiger partial charge on any atom is 0.258 e. The van der Waals surface area contributed by atoms with E-state index in [9.17, 15) is 13.2 Å². The molecule has 0 aliphatic carbocycles. The van der Waals surface area contributed by atoms with Gasteiger partial charge in [-0.3, -0.25) is 4.79 Å². The SMILES string of the molecule is COc1ccccc1[C@@H](C)NC(=O)COc1ccc(S(=O)(=O)N2CCCCC2)cc1C. The molecule has 1 aliphatic heterocycles. The lowest BCUT2D eigenvalue weighted by Gasteiger charge is -2.26. The summed E-state index contributed by atoms with van der Waals surface area (Å²) in [6.45, 7) is 4.61. The number of nitrogens with one attached hydrogen (secondary N) is 1. The number of nitrogens with zero attached hydrogens (tertiary/aromatic N) is 1. The number of methoxy groups -OCH3 is 1. The van der Waals surface area contributed by atoms with Crippen molar-refractivity contribution in [2.24, 2.45) is 0 Å². The molecule has 7 nitrogen and oxygen atoms in total. The van der Waals surface area contributed by atoms with Gasteiger partial charge in [0.2, 0.25) is 10.0 Å². The molecule has 0 saturated carbocycles. The van der Waals surface area contributed by atoms with Crippen LogP contribution in [0.1, 0.15) is 43.4 Å². The molecule has 0 radical (unpaired) electrons. The van der Waals surface area contributed by atoms with Crippen LogP contribution in [0.15, 0.2) is 47.4 Å². The van der Waals surface area contributed by atoms with Crippen molar-refractivity contribution in [2.75, 3.05) is 26.8 Å². The van der Waals surface area contributed by atoms with Gasteiger partial charge < -0.3 is 14.8 Å². The van der Waals surface area contributed by atoms with Crippen molar-refractivity contribution in [3.05, 3.63) is 53.6 Å². The Morgan fingerprint density at radius 1 is 1.10 bits per heavy atom.